The summed E-state index contributed by atoms with van der Waals surface area (Å²) in [5, 5.41) is 16.1. The van der Waals surface area contributed by atoms with Gasteiger partial charge in [-0.15, -0.1) is 0 Å². The summed E-state index contributed by atoms with van der Waals surface area (Å²) in [6.07, 6.45) is -0.548. The van der Waals surface area contributed by atoms with Gasteiger partial charge in [0.25, 0.3) is 0 Å². The number of para-hydroxylation sites is 2. The molecule has 0 spiro atoms. The molecule has 0 bridgehead atoms. The summed E-state index contributed by atoms with van der Waals surface area (Å²) in [6, 6.07) is 7.22. The molecule has 21 heavy (non-hydrogen) atoms. The van der Waals surface area contributed by atoms with Crippen molar-refractivity contribution in [2.45, 2.75) is 13.0 Å². The smallest absolute Gasteiger partial charge is 0.221 e. The van der Waals surface area contributed by atoms with E-state index in [0.717, 1.165) is 26.2 Å². The summed E-state index contributed by atoms with van der Waals surface area (Å²) < 4.78 is 5.63. The zero-order valence-electron chi connectivity index (χ0n) is 12.3. The Labute approximate surface area is 125 Å². The lowest BCUT2D eigenvalue weighted by molar-refractivity contribution is -0.114. The number of carbonyl (C=O) groups excluding carboxylic acids is 1. The lowest BCUT2D eigenvalue weighted by Gasteiger charge is -2.29. The first-order valence-corrected chi connectivity index (χ1v) is 7.25. The molecule has 1 unspecified atom stereocenters. The fourth-order valence-electron chi connectivity index (χ4n) is 2.32. The first-order chi connectivity index (χ1) is 10.1. The van der Waals surface area contributed by atoms with Crippen LogP contribution in [0.1, 0.15) is 6.92 Å². The van der Waals surface area contributed by atoms with Crippen molar-refractivity contribution < 1.29 is 14.6 Å². The third kappa shape index (κ3) is 5.34. The lowest BCUT2D eigenvalue weighted by Crippen LogP contribution is -2.47. The fourth-order valence-corrected chi connectivity index (χ4v) is 2.32. The van der Waals surface area contributed by atoms with Gasteiger partial charge in [0.05, 0.1) is 5.69 Å². The molecule has 0 radical (unpaired) electrons. The van der Waals surface area contributed by atoms with Crippen LogP contribution in [0.15, 0.2) is 24.3 Å². The van der Waals surface area contributed by atoms with Gasteiger partial charge >= 0.3 is 0 Å². The number of nitrogens with zero attached hydrogens (tertiary/aromatic N) is 1. The minimum absolute atomic E-state index is 0.146. The number of β-amino-alcohol motifs (C(OH)–C–C–N with tert-alkyl or cyclic N) is 1. The molecule has 2 rings (SSSR count). The van der Waals surface area contributed by atoms with E-state index in [1.165, 1.54) is 6.92 Å². The Balaban J connectivity index is 1.82. The van der Waals surface area contributed by atoms with Crippen molar-refractivity contribution >= 4 is 11.6 Å². The maximum atomic E-state index is 11.1. The molecule has 1 fully saturated rings. The second kappa shape index (κ2) is 7.97. The molecule has 1 aromatic rings. The highest BCUT2D eigenvalue weighted by Crippen LogP contribution is 2.23. The van der Waals surface area contributed by atoms with Crippen LogP contribution in [0, 0.1) is 0 Å². The van der Waals surface area contributed by atoms with E-state index in [9.17, 15) is 9.90 Å². The quantitative estimate of drug-likeness (QED) is 0.703. The maximum Gasteiger partial charge on any atom is 0.221 e. The highest BCUT2D eigenvalue weighted by molar-refractivity contribution is 5.90. The van der Waals surface area contributed by atoms with Gasteiger partial charge in [-0.05, 0) is 12.1 Å². The predicted octanol–water partition coefficient (Wildman–Crippen LogP) is 0.290. The number of benzene rings is 1. The lowest BCUT2D eigenvalue weighted by atomic mass is 10.2. The van der Waals surface area contributed by atoms with Gasteiger partial charge < -0.3 is 20.5 Å². The van der Waals surface area contributed by atoms with Crippen LogP contribution in [0.25, 0.3) is 0 Å². The molecule has 1 aliphatic rings. The van der Waals surface area contributed by atoms with Gasteiger partial charge in [0.2, 0.25) is 5.91 Å². The van der Waals surface area contributed by atoms with Crippen molar-refractivity contribution in [3.8, 4) is 5.75 Å². The molecule has 6 heteroatoms. The number of aliphatic hydroxyl groups excluding tert-OH is 1. The van der Waals surface area contributed by atoms with Crippen LogP contribution in [0.2, 0.25) is 0 Å². The molecule has 1 aromatic carbocycles. The molecule has 0 saturated carbocycles. The van der Waals surface area contributed by atoms with Crippen LogP contribution in [0.3, 0.4) is 0 Å². The number of piperazine rings is 1. The predicted molar refractivity (Wildman–Crippen MR) is 81.6 cm³/mol. The Morgan fingerprint density at radius 3 is 2.86 bits per heavy atom. The number of nitrogens with one attached hydrogen (secondary N) is 2. The largest absolute Gasteiger partial charge is 0.489 e. The van der Waals surface area contributed by atoms with Gasteiger partial charge in [-0.1, -0.05) is 12.1 Å². The normalized spacial score (nSPS) is 17.2. The van der Waals surface area contributed by atoms with E-state index >= 15 is 0 Å². The molecule has 1 heterocycles. The third-order valence-electron chi connectivity index (χ3n) is 3.31. The second-order valence-corrected chi connectivity index (χ2v) is 5.19. The Hall–Kier alpha value is -1.63. The van der Waals surface area contributed by atoms with Crippen molar-refractivity contribution in [2.24, 2.45) is 0 Å². The van der Waals surface area contributed by atoms with Gasteiger partial charge in [0.15, 0.2) is 0 Å². The summed E-state index contributed by atoms with van der Waals surface area (Å²) >= 11 is 0. The van der Waals surface area contributed by atoms with Crippen molar-refractivity contribution in [1.29, 1.82) is 0 Å². The minimum Gasteiger partial charge on any atom is -0.489 e. The number of hydrogen-bond donors (Lipinski definition) is 3. The van der Waals surface area contributed by atoms with Crippen LogP contribution in [0.5, 0.6) is 5.75 Å². The van der Waals surface area contributed by atoms with E-state index in [2.05, 4.69) is 15.5 Å². The van der Waals surface area contributed by atoms with Crippen molar-refractivity contribution in [3.05, 3.63) is 24.3 Å². The standard InChI is InChI=1S/C15H23N3O3/c1-12(19)17-14-4-2-3-5-15(14)21-11-13(20)10-18-8-6-16-7-9-18/h2-5,13,16,20H,6-11H2,1H3,(H,17,19). The number of carbonyl (C=O) groups is 1. The van der Waals surface area contributed by atoms with Gasteiger partial charge in [0, 0.05) is 39.6 Å². The number of aliphatic hydroxyl groups is 1. The highest BCUT2D eigenvalue weighted by Gasteiger charge is 2.15. The average molecular weight is 293 g/mol. The van der Waals surface area contributed by atoms with Crippen LogP contribution >= 0.6 is 0 Å². The highest BCUT2D eigenvalue weighted by atomic mass is 16.5. The second-order valence-electron chi connectivity index (χ2n) is 5.19. The van der Waals surface area contributed by atoms with Gasteiger partial charge in [-0.25, -0.2) is 0 Å². The van der Waals surface area contributed by atoms with E-state index in [4.69, 9.17) is 4.74 Å². The van der Waals surface area contributed by atoms with Crippen molar-refractivity contribution in [3.63, 3.8) is 0 Å². The van der Waals surface area contributed by atoms with Crippen molar-refractivity contribution in [2.75, 3.05) is 44.6 Å². The molecule has 3 N–H and O–H groups in total. The number of ether oxygens (including phenoxy) is 1. The van der Waals surface area contributed by atoms with E-state index in [1.54, 1.807) is 12.1 Å². The first kappa shape index (κ1) is 15.8. The van der Waals surface area contributed by atoms with E-state index in [-0.39, 0.29) is 12.5 Å². The minimum atomic E-state index is -0.548. The van der Waals surface area contributed by atoms with Crippen LogP contribution < -0.4 is 15.4 Å². The van der Waals surface area contributed by atoms with Gasteiger partial charge in [-0.3, -0.25) is 9.69 Å². The van der Waals surface area contributed by atoms with Crippen LogP contribution in [-0.4, -0.2) is 61.3 Å². The summed E-state index contributed by atoms with van der Waals surface area (Å²) in [5.41, 5.74) is 0.624. The maximum absolute atomic E-state index is 11.1. The molecule has 0 aliphatic carbocycles. The SMILES string of the molecule is CC(=O)Nc1ccccc1OCC(O)CN1CCNCC1. The number of rotatable bonds is 6. The molecule has 1 amide bonds. The number of anilines is 1. The molecular formula is C15H23N3O3. The molecule has 1 atom stereocenters. The summed E-state index contributed by atoms with van der Waals surface area (Å²) in [7, 11) is 0. The molecule has 6 nitrogen and oxygen atoms in total. The van der Waals surface area contributed by atoms with Crippen LogP contribution in [0.4, 0.5) is 5.69 Å². The molecule has 1 saturated heterocycles. The zero-order chi connectivity index (χ0) is 15.1. The van der Waals surface area contributed by atoms with Crippen molar-refractivity contribution in [1.82, 2.24) is 10.2 Å². The zero-order valence-corrected chi connectivity index (χ0v) is 12.3. The monoisotopic (exact) mass is 293 g/mol. The molecular weight excluding hydrogens is 270 g/mol. The third-order valence-corrected chi connectivity index (χ3v) is 3.31. The number of hydrogen-bond acceptors (Lipinski definition) is 5. The number of amides is 1. The van der Waals surface area contributed by atoms with E-state index in [1.807, 2.05) is 12.1 Å². The summed E-state index contributed by atoms with van der Waals surface area (Å²) in [6.45, 7) is 6.07. The Bertz CT molecular complexity index is 461. The Morgan fingerprint density at radius 1 is 1.43 bits per heavy atom. The van der Waals surface area contributed by atoms with E-state index < -0.39 is 6.10 Å². The Morgan fingerprint density at radius 2 is 2.14 bits per heavy atom. The molecule has 0 aromatic heterocycles. The summed E-state index contributed by atoms with van der Waals surface area (Å²) in [5.74, 6) is 0.430. The Kier molecular flexibility index (Phi) is 5.98. The summed E-state index contributed by atoms with van der Waals surface area (Å²) in [4.78, 5) is 13.4. The van der Waals surface area contributed by atoms with E-state index in [0.29, 0.717) is 18.0 Å². The molecule has 1 aliphatic heterocycles. The van der Waals surface area contributed by atoms with Crippen LogP contribution in [-0.2, 0) is 4.79 Å². The molecule has 116 valence electrons. The fraction of sp³-hybridized carbons (Fsp3) is 0.533. The van der Waals surface area contributed by atoms with Gasteiger partial charge in [-0.2, -0.15) is 0 Å². The van der Waals surface area contributed by atoms with Gasteiger partial charge in [0.1, 0.15) is 18.5 Å². The average Bonchev–Trinajstić information content (AvgIpc) is 2.47. The first-order valence-electron chi connectivity index (χ1n) is 7.25. The topological polar surface area (TPSA) is 73.8 Å².